The molecule has 1 aliphatic rings. The second-order valence-corrected chi connectivity index (χ2v) is 6.91. The van der Waals surface area contributed by atoms with E-state index in [0.29, 0.717) is 12.5 Å². The van der Waals surface area contributed by atoms with Crippen molar-refractivity contribution in [3.05, 3.63) is 40.8 Å². The molecule has 0 radical (unpaired) electrons. The third-order valence-corrected chi connectivity index (χ3v) is 4.93. The molecule has 3 rings (SSSR count). The van der Waals surface area contributed by atoms with Crippen molar-refractivity contribution < 1.29 is 14.0 Å². The molecule has 1 saturated heterocycles. The summed E-state index contributed by atoms with van der Waals surface area (Å²) in [5.41, 5.74) is 9.14. The largest absolute Gasteiger partial charge is 0.493 e. The van der Waals surface area contributed by atoms with E-state index in [1.165, 1.54) is 5.56 Å². The van der Waals surface area contributed by atoms with Crippen molar-refractivity contribution in [3.63, 3.8) is 0 Å². The molecule has 2 unspecified atom stereocenters. The van der Waals surface area contributed by atoms with Gasteiger partial charge >= 0.3 is 0 Å². The normalized spacial score (nSPS) is 20.8. The van der Waals surface area contributed by atoms with Gasteiger partial charge in [-0.3, -0.25) is 4.90 Å². The molecule has 0 aliphatic carbocycles. The minimum absolute atomic E-state index is 0.263. The van der Waals surface area contributed by atoms with Gasteiger partial charge in [0.25, 0.3) is 0 Å². The molecule has 25 heavy (non-hydrogen) atoms. The van der Waals surface area contributed by atoms with Crippen molar-refractivity contribution in [3.8, 4) is 11.5 Å². The quantitative estimate of drug-likeness (QED) is 0.868. The van der Waals surface area contributed by atoms with Crippen LogP contribution in [0.1, 0.15) is 29.5 Å². The average Bonchev–Trinajstić information content (AvgIpc) is 3.08. The molecule has 6 nitrogen and oxygen atoms in total. The van der Waals surface area contributed by atoms with Gasteiger partial charge in [0.1, 0.15) is 12.4 Å². The zero-order valence-corrected chi connectivity index (χ0v) is 15.4. The Kier molecular flexibility index (Phi) is 5.30. The summed E-state index contributed by atoms with van der Waals surface area (Å²) >= 11 is 0. The lowest BCUT2D eigenvalue weighted by Gasteiger charge is -2.17. The Morgan fingerprint density at radius 2 is 2.08 bits per heavy atom. The summed E-state index contributed by atoms with van der Waals surface area (Å²) in [6.07, 6.45) is 0. The first-order chi connectivity index (χ1) is 12.0. The van der Waals surface area contributed by atoms with Crippen LogP contribution in [0.2, 0.25) is 0 Å². The van der Waals surface area contributed by atoms with Crippen LogP contribution < -0.4 is 15.2 Å². The molecule has 0 amide bonds. The van der Waals surface area contributed by atoms with E-state index in [2.05, 4.69) is 23.0 Å². The Labute approximate surface area is 148 Å². The molecule has 0 saturated carbocycles. The SMILES string of the molecule is COc1cc(CN2CC(C)C(N)C2)ccc1OCc1c(C)noc1C. The van der Waals surface area contributed by atoms with E-state index in [-0.39, 0.29) is 6.04 Å². The molecule has 0 bridgehead atoms. The fourth-order valence-electron chi connectivity index (χ4n) is 3.27. The van der Waals surface area contributed by atoms with Crippen molar-refractivity contribution in [1.29, 1.82) is 0 Å². The monoisotopic (exact) mass is 345 g/mol. The van der Waals surface area contributed by atoms with Crippen LogP contribution in [0.5, 0.6) is 11.5 Å². The van der Waals surface area contributed by atoms with E-state index in [1.807, 2.05) is 26.0 Å². The molecular weight excluding hydrogens is 318 g/mol. The number of hydrogen-bond acceptors (Lipinski definition) is 6. The smallest absolute Gasteiger partial charge is 0.161 e. The molecule has 2 N–H and O–H groups in total. The molecule has 2 atom stereocenters. The van der Waals surface area contributed by atoms with E-state index in [0.717, 1.165) is 48.2 Å². The predicted molar refractivity (Wildman–Crippen MR) is 95.7 cm³/mol. The molecule has 2 aromatic rings. The zero-order chi connectivity index (χ0) is 18.0. The lowest BCUT2D eigenvalue weighted by atomic mass is 10.1. The second kappa shape index (κ2) is 7.45. The fraction of sp³-hybridized carbons (Fsp3) is 0.526. The lowest BCUT2D eigenvalue weighted by molar-refractivity contribution is 0.280. The predicted octanol–water partition coefficient (Wildman–Crippen LogP) is 2.66. The summed E-state index contributed by atoms with van der Waals surface area (Å²) in [6.45, 7) is 9.27. The molecule has 1 aromatic heterocycles. The molecule has 0 spiro atoms. The van der Waals surface area contributed by atoms with Gasteiger partial charge in [-0.1, -0.05) is 18.1 Å². The third-order valence-electron chi connectivity index (χ3n) is 4.93. The zero-order valence-electron chi connectivity index (χ0n) is 15.4. The Morgan fingerprint density at radius 3 is 2.68 bits per heavy atom. The molecule has 2 heterocycles. The first kappa shape index (κ1) is 17.8. The molecule has 1 aliphatic heterocycles. The van der Waals surface area contributed by atoms with Crippen LogP contribution >= 0.6 is 0 Å². The van der Waals surface area contributed by atoms with Gasteiger partial charge in [0.2, 0.25) is 0 Å². The van der Waals surface area contributed by atoms with Gasteiger partial charge in [-0.15, -0.1) is 0 Å². The Balaban J connectivity index is 1.67. The van der Waals surface area contributed by atoms with Gasteiger partial charge in [0.15, 0.2) is 11.5 Å². The molecule has 6 heteroatoms. The van der Waals surface area contributed by atoms with Crippen molar-refractivity contribution >= 4 is 0 Å². The molecule has 136 valence electrons. The first-order valence-electron chi connectivity index (χ1n) is 8.67. The van der Waals surface area contributed by atoms with Crippen molar-refractivity contribution in [2.75, 3.05) is 20.2 Å². The van der Waals surface area contributed by atoms with Gasteiger partial charge in [-0.05, 0) is 37.5 Å². The summed E-state index contributed by atoms with van der Waals surface area (Å²) in [7, 11) is 1.66. The Morgan fingerprint density at radius 1 is 1.28 bits per heavy atom. The van der Waals surface area contributed by atoms with Crippen LogP contribution in [0.4, 0.5) is 0 Å². The van der Waals surface area contributed by atoms with Crippen molar-refractivity contribution in [2.24, 2.45) is 11.7 Å². The maximum Gasteiger partial charge on any atom is 0.161 e. The summed E-state index contributed by atoms with van der Waals surface area (Å²) in [5.74, 6) is 2.78. The van der Waals surface area contributed by atoms with Crippen LogP contribution in [0, 0.1) is 19.8 Å². The number of hydrogen-bond donors (Lipinski definition) is 1. The number of likely N-dealkylation sites (tertiary alicyclic amines) is 1. The second-order valence-electron chi connectivity index (χ2n) is 6.91. The fourth-order valence-corrected chi connectivity index (χ4v) is 3.27. The molecule has 1 fully saturated rings. The minimum Gasteiger partial charge on any atom is -0.493 e. The van der Waals surface area contributed by atoms with E-state index in [9.17, 15) is 0 Å². The number of aromatic nitrogens is 1. The molecular formula is C19H27N3O3. The number of nitrogens with two attached hydrogens (primary N) is 1. The van der Waals surface area contributed by atoms with E-state index >= 15 is 0 Å². The van der Waals surface area contributed by atoms with Gasteiger partial charge in [-0.2, -0.15) is 0 Å². The molecule has 1 aromatic carbocycles. The number of aryl methyl sites for hydroxylation is 2. The maximum atomic E-state index is 6.11. The summed E-state index contributed by atoms with van der Waals surface area (Å²) < 4.78 is 16.6. The third kappa shape index (κ3) is 3.96. The number of nitrogens with zero attached hydrogens (tertiary/aromatic N) is 2. The highest BCUT2D eigenvalue weighted by molar-refractivity contribution is 5.43. The van der Waals surface area contributed by atoms with Crippen LogP contribution in [0.3, 0.4) is 0 Å². The number of benzene rings is 1. The highest BCUT2D eigenvalue weighted by Crippen LogP contribution is 2.30. The van der Waals surface area contributed by atoms with Crippen molar-refractivity contribution in [1.82, 2.24) is 10.1 Å². The van der Waals surface area contributed by atoms with E-state index < -0.39 is 0 Å². The summed E-state index contributed by atoms with van der Waals surface area (Å²) in [4.78, 5) is 2.38. The highest BCUT2D eigenvalue weighted by Gasteiger charge is 2.26. The maximum absolute atomic E-state index is 6.11. The summed E-state index contributed by atoms with van der Waals surface area (Å²) in [6, 6.07) is 6.35. The number of methoxy groups -OCH3 is 1. The van der Waals surface area contributed by atoms with Gasteiger partial charge in [-0.25, -0.2) is 0 Å². The van der Waals surface area contributed by atoms with Crippen LogP contribution in [-0.2, 0) is 13.2 Å². The average molecular weight is 345 g/mol. The van der Waals surface area contributed by atoms with Crippen LogP contribution in [0.15, 0.2) is 22.7 Å². The minimum atomic E-state index is 0.263. The lowest BCUT2D eigenvalue weighted by Crippen LogP contribution is -2.28. The standard InChI is InChI=1S/C19H27N3O3/c1-12-8-22(10-17(12)20)9-15-5-6-18(19(7-15)23-4)24-11-16-13(2)21-25-14(16)3/h5-7,12,17H,8-11,20H2,1-4H3. The number of rotatable bonds is 6. The Hall–Kier alpha value is -2.05. The van der Waals surface area contributed by atoms with E-state index in [1.54, 1.807) is 7.11 Å². The Bertz CT molecular complexity index is 699. The summed E-state index contributed by atoms with van der Waals surface area (Å²) in [5, 5.41) is 3.95. The van der Waals surface area contributed by atoms with E-state index in [4.69, 9.17) is 19.7 Å². The van der Waals surface area contributed by atoms with Gasteiger partial charge in [0, 0.05) is 25.7 Å². The van der Waals surface area contributed by atoms with Crippen molar-refractivity contribution in [2.45, 2.75) is 40.0 Å². The first-order valence-corrected chi connectivity index (χ1v) is 8.67. The number of ether oxygens (including phenoxy) is 2. The van der Waals surface area contributed by atoms with Gasteiger partial charge in [0.05, 0.1) is 18.4 Å². The van der Waals surface area contributed by atoms with Crippen LogP contribution in [0.25, 0.3) is 0 Å². The highest BCUT2D eigenvalue weighted by atomic mass is 16.5. The van der Waals surface area contributed by atoms with Crippen LogP contribution in [-0.4, -0.2) is 36.3 Å². The topological polar surface area (TPSA) is 73.8 Å². The van der Waals surface area contributed by atoms with Gasteiger partial charge < -0.3 is 19.7 Å².